The Morgan fingerprint density at radius 1 is 1.35 bits per heavy atom. The van der Waals surface area contributed by atoms with Crippen molar-refractivity contribution < 1.29 is 9.13 Å². The van der Waals surface area contributed by atoms with Crippen LogP contribution in [0.15, 0.2) is 18.2 Å². The molecule has 1 unspecified atom stereocenters. The minimum Gasteiger partial charge on any atom is -0.493 e. The first kappa shape index (κ1) is 14.0. The van der Waals surface area contributed by atoms with Crippen molar-refractivity contribution in [3.8, 4) is 5.75 Å². The number of nitrogens with two attached hydrogens (primary N) is 1. The second-order valence-corrected chi connectivity index (χ2v) is 5.63. The molecule has 1 aromatic carbocycles. The topological polar surface area (TPSA) is 35.2 Å². The van der Waals surface area contributed by atoms with Crippen LogP contribution in [-0.4, -0.2) is 6.61 Å². The Bertz CT molecular complexity index is 369. The Balaban J connectivity index is 2.70. The second-order valence-electron chi connectivity index (χ2n) is 5.63. The van der Waals surface area contributed by atoms with Crippen molar-refractivity contribution in [2.75, 3.05) is 6.61 Å². The third-order valence-corrected chi connectivity index (χ3v) is 2.57. The molecule has 2 nitrogen and oxygen atoms in total. The Morgan fingerprint density at radius 2 is 2.00 bits per heavy atom. The number of halogens is 1. The highest BCUT2D eigenvalue weighted by molar-refractivity contribution is 5.36. The van der Waals surface area contributed by atoms with Crippen LogP contribution >= 0.6 is 0 Å². The van der Waals surface area contributed by atoms with Gasteiger partial charge in [-0.05, 0) is 37.0 Å². The van der Waals surface area contributed by atoms with E-state index >= 15 is 0 Å². The molecular formula is C14H22FNO. The predicted octanol–water partition coefficient (Wildman–Crippen LogP) is 3.66. The lowest BCUT2D eigenvalue weighted by Crippen LogP contribution is -2.13. The van der Waals surface area contributed by atoms with Gasteiger partial charge in [0.15, 0.2) is 0 Å². The van der Waals surface area contributed by atoms with Gasteiger partial charge in [-0.1, -0.05) is 20.8 Å². The molecule has 3 heteroatoms. The minimum atomic E-state index is -0.277. The lowest BCUT2D eigenvalue weighted by Gasteiger charge is -2.19. The number of rotatable bonds is 4. The van der Waals surface area contributed by atoms with Crippen molar-refractivity contribution in [1.82, 2.24) is 0 Å². The van der Waals surface area contributed by atoms with Crippen molar-refractivity contribution in [2.24, 2.45) is 11.1 Å². The van der Waals surface area contributed by atoms with E-state index < -0.39 is 0 Å². The second kappa shape index (κ2) is 5.50. The molecule has 0 spiro atoms. The van der Waals surface area contributed by atoms with Gasteiger partial charge in [-0.2, -0.15) is 0 Å². The van der Waals surface area contributed by atoms with E-state index in [9.17, 15) is 4.39 Å². The summed E-state index contributed by atoms with van der Waals surface area (Å²) in [6.07, 6.45) is 0.947. The van der Waals surface area contributed by atoms with E-state index in [1.54, 1.807) is 6.07 Å². The Morgan fingerprint density at radius 3 is 2.53 bits per heavy atom. The zero-order chi connectivity index (χ0) is 13.1. The molecule has 0 bridgehead atoms. The maximum atomic E-state index is 13.1. The van der Waals surface area contributed by atoms with Gasteiger partial charge in [-0.3, -0.25) is 0 Å². The molecule has 96 valence electrons. The molecule has 0 radical (unpaired) electrons. The predicted molar refractivity (Wildman–Crippen MR) is 68.6 cm³/mol. The molecule has 0 aliphatic rings. The lowest BCUT2D eigenvalue weighted by molar-refractivity contribution is 0.240. The fourth-order valence-electron chi connectivity index (χ4n) is 1.47. The lowest BCUT2D eigenvalue weighted by atomic mass is 9.93. The normalized spacial score (nSPS) is 13.5. The molecule has 0 fully saturated rings. The van der Waals surface area contributed by atoms with Crippen LogP contribution in [0.25, 0.3) is 0 Å². The van der Waals surface area contributed by atoms with Crippen LogP contribution < -0.4 is 10.5 Å². The van der Waals surface area contributed by atoms with Crippen molar-refractivity contribution in [3.05, 3.63) is 29.6 Å². The molecule has 1 aromatic rings. The van der Waals surface area contributed by atoms with Gasteiger partial charge in [0.2, 0.25) is 0 Å². The molecule has 0 saturated heterocycles. The van der Waals surface area contributed by atoms with Crippen molar-refractivity contribution in [2.45, 2.75) is 40.2 Å². The minimum absolute atomic E-state index is 0.227. The molecule has 0 aliphatic carbocycles. The van der Waals surface area contributed by atoms with E-state index in [1.165, 1.54) is 12.1 Å². The maximum Gasteiger partial charge on any atom is 0.124 e. The summed E-state index contributed by atoms with van der Waals surface area (Å²) in [6, 6.07) is 4.27. The SMILES string of the molecule is CC(N)c1cc(F)ccc1OCCC(C)(C)C. The first-order valence-electron chi connectivity index (χ1n) is 5.97. The van der Waals surface area contributed by atoms with Gasteiger partial charge in [0, 0.05) is 11.6 Å². The van der Waals surface area contributed by atoms with Crippen molar-refractivity contribution >= 4 is 0 Å². The highest BCUT2D eigenvalue weighted by Gasteiger charge is 2.13. The van der Waals surface area contributed by atoms with Gasteiger partial charge >= 0.3 is 0 Å². The molecule has 1 atom stereocenters. The summed E-state index contributed by atoms with van der Waals surface area (Å²) < 4.78 is 18.8. The van der Waals surface area contributed by atoms with Gasteiger partial charge in [-0.15, -0.1) is 0 Å². The average Bonchev–Trinajstić information content (AvgIpc) is 2.18. The summed E-state index contributed by atoms with van der Waals surface area (Å²) >= 11 is 0. The van der Waals surface area contributed by atoms with Crippen LogP contribution in [0, 0.1) is 11.2 Å². The van der Waals surface area contributed by atoms with Gasteiger partial charge in [0.1, 0.15) is 11.6 Å². The van der Waals surface area contributed by atoms with Crippen LogP contribution in [0.2, 0.25) is 0 Å². The number of ether oxygens (including phenoxy) is 1. The van der Waals surface area contributed by atoms with E-state index in [4.69, 9.17) is 10.5 Å². The molecule has 0 heterocycles. The summed E-state index contributed by atoms with van der Waals surface area (Å²) in [4.78, 5) is 0. The summed E-state index contributed by atoms with van der Waals surface area (Å²) in [7, 11) is 0. The first-order chi connectivity index (χ1) is 7.79. The molecule has 2 N–H and O–H groups in total. The Kier molecular flexibility index (Phi) is 4.52. The summed E-state index contributed by atoms with van der Waals surface area (Å²) in [5, 5.41) is 0. The van der Waals surface area contributed by atoms with E-state index in [1.807, 2.05) is 6.92 Å². The van der Waals surface area contributed by atoms with E-state index in [2.05, 4.69) is 20.8 Å². The highest BCUT2D eigenvalue weighted by atomic mass is 19.1. The third-order valence-electron chi connectivity index (χ3n) is 2.57. The zero-order valence-corrected chi connectivity index (χ0v) is 11.1. The van der Waals surface area contributed by atoms with Gasteiger partial charge < -0.3 is 10.5 Å². The van der Waals surface area contributed by atoms with Crippen LogP contribution in [0.3, 0.4) is 0 Å². The van der Waals surface area contributed by atoms with Crippen LogP contribution in [0.4, 0.5) is 4.39 Å². The molecule has 0 aliphatic heterocycles. The van der Waals surface area contributed by atoms with Crippen molar-refractivity contribution in [1.29, 1.82) is 0 Å². The van der Waals surface area contributed by atoms with Gasteiger partial charge in [-0.25, -0.2) is 4.39 Å². The number of benzene rings is 1. The fourth-order valence-corrected chi connectivity index (χ4v) is 1.47. The Hall–Kier alpha value is -1.09. The monoisotopic (exact) mass is 239 g/mol. The fraction of sp³-hybridized carbons (Fsp3) is 0.571. The summed E-state index contributed by atoms with van der Waals surface area (Å²) in [6.45, 7) is 8.93. The maximum absolute atomic E-state index is 13.1. The molecular weight excluding hydrogens is 217 g/mol. The zero-order valence-electron chi connectivity index (χ0n) is 11.1. The summed E-state index contributed by atoms with van der Waals surface area (Å²) in [5.41, 5.74) is 6.75. The third kappa shape index (κ3) is 4.73. The van der Waals surface area contributed by atoms with E-state index in [0.29, 0.717) is 12.4 Å². The molecule has 0 amide bonds. The van der Waals surface area contributed by atoms with E-state index in [-0.39, 0.29) is 17.3 Å². The highest BCUT2D eigenvalue weighted by Crippen LogP contribution is 2.26. The smallest absolute Gasteiger partial charge is 0.124 e. The van der Waals surface area contributed by atoms with Crippen LogP contribution in [0.5, 0.6) is 5.75 Å². The van der Waals surface area contributed by atoms with Gasteiger partial charge in [0.25, 0.3) is 0 Å². The van der Waals surface area contributed by atoms with Crippen LogP contribution in [0.1, 0.15) is 45.7 Å². The van der Waals surface area contributed by atoms with Crippen molar-refractivity contribution in [3.63, 3.8) is 0 Å². The number of hydrogen-bond donors (Lipinski definition) is 1. The standard InChI is InChI=1S/C14H22FNO/c1-10(16)12-9-11(15)5-6-13(12)17-8-7-14(2,3)4/h5-6,9-10H,7-8,16H2,1-4H3. The quantitative estimate of drug-likeness (QED) is 0.870. The molecule has 17 heavy (non-hydrogen) atoms. The Labute approximate surface area is 103 Å². The number of hydrogen-bond acceptors (Lipinski definition) is 2. The first-order valence-corrected chi connectivity index (χ1v) is 5.97. The molecule has 0 aromatic heterocycles. The molecule has 0 saturated carbocycles. The average molecular weight is 239 g/mol. The molecule has 1 rings (SSSR count). The van der Waals surface area contributed by atoms with Gasteiger partial charge in [0.05, 0.1) is 6.61 Å². The summed E-state index contributed by atoms with van der Waals surface area (Å²) in [5.74, 6) is 0.408. The van der Waals surface area contributed by atoms with Crippen LogP contribution in [-0.2, 0) is 0 Å². The largest absolute Gasteiger partial charge is 0.493 e. The van der Waals surface area contributed by atoms with E-state index in [0.717, 1.165) is 12.0 Å².